The van der Waals surface area contributed by atoms with Crippen molar-refractivity contribution < 1.29 is 89.4 Å². The summed E-state index contributed by atoms with van der Waals surface area (Å²) in [7, 11) is 0. The van der Waals surface area contributed by atoms with Gasteiger partial charge < -0.3 is 84.6 Å². The number of aliphatic hydroxyl groups excluding tert-OH is 9. The Bertz CT molecular complexity index is 1160. The smallest absolute Gasteiger partial charge is 0.331 e. The van der Waals surface area contributed by atoms with Gasteiger partial charge in [0.2, 0.25) is 0 Å². The highest BCUT2D eigenvalue weighted by atomic mass is 16.8. The Labute approximate surface area is 255 Å². The SMILES string of the molecule is CC1OC(OC2C(O)C(O)OC(CO)C2OC(=O)C=Cc2ccc(O)c(O)c2)C(O)C(O)C1OC1OC(CO)C(O)C(O)C1O. The van der Waals surface area contributed by atoms with E-state index in [9.17, 15) is 61.0 Å². The van der Waals surface area contributed by atoms with Crippen molar-refractivity contribution in [3.63, 3.8) is 0 Å². The lowest BCUT2D eigenvalue weighted by atomic mass is 9.96. The molecule has 3 heterocycles. The summed E-state index contributed by atoms with van der Waals surface area (Å²) in [5.74, 6) is -1.87. The molecule has 0 amide bonds. The number of esters is 1. The fraction of sp³-hybridized carbons (Fsp3) is 0.667. The largest absolute Gasteiger partial charge is 0.504 e. The number of rotatable bonds is 9. The molecular weight excluding hydrogens is 612 g/mol. The van der Waals surface area contributed by atoms with Crippen LogP contribution in [-0.4, -0.2) is 167 Å². The van der Waals surface area contributed by atoms with E-state index in [1.807, 2.05) is 0 Å². The third-order valence-corrected chi connectivity index (χ3v) is 7.68. The van der Waals surface area contributed by atoms with Crippen molar-refractivity contribution in [2.45, 2.75) is 99.0 Å². The van der Waals surface area contributed by atoms with E-state index in [-0.39, 0.29) is 5.75 Å². The molecule has 18 nitrogen and oxygen atoms in total. The Morgan fingerprint density at radius 2 is 1.36 bits per heavy atom. The summed E-state index contributed by atoms with van der Waals surface area (Å²) in [6, 6.07) is 3.73. The van der Waals surface area contributed by atoms with Crippen molar-refractivity contribution in [3.05, 3.63) is 29.8 Å². The molecular formula is C27H38O18. The summed E-state index contributed by atoms with van der Waals surface area (Å²) in [6.45, 7) is -0.187. The van der Waals surface area contributed by atoms with Crippen LogP contribution in [0.4, 0.5) is 0 Å². The van der Waals surface area contributed by atoms with E-state index in [2.05, 4.69) is 0 Å². The third-order valence-electron chi connectivity index (χ3n) is 7.68. The standard InChI is InChI=1S/C27H38O18/c1-9-22(44-27-19(36)17(34)16(33)13(7-28)42-27)18(35)20(37)26(40-9)45-24-21(38)25(39)41-14(8-29)23(24)43-15(32)5-3-10-2-4-11(30)12(31)6-10/h2-6,9,13-14,16-31,33-39H,7-8H2,1H3. The van der Waals surface area contributed by atoms with Gasteiger partial charge in [-0.2, -0.15) is 0 Å². The fourth-order valence-electron chi connectivity index (χ4n) is 5.13. The van der Waals surface area contributed by atoms with Crippen LogP contribution in [0, 0.1) is 0 Å². The Balaban J connectivity index is 1.47. The molecule has 0 aliphatic carbocycles. The maximum absolute atomic E-state index is 12.7. The molecule has 3 aliphatic heterocycles. The molecule has 254 valence electrons. The molecule has 3 saturated heterocycles. The minimum Gasteiger partial charge on any atom is -0.504 e. The van der Waals surface area contributed by atoms with Gasteiger partial charge in [0.15, 0.2) is 36.5 Å². The van der Waals surface area contributed by atoms with Crippen molar-refractivity contribution in [3.8, 4) is 11.5 Å². The minimum atomic E-state index is -1.94. The predicted octanol–water partition coefficient (Wildman–Crippen LogP) is -4.87. The Morgan fingerprint density at radius 1 is 0.733 bits per heavy atom. The van der Waals surface area contributed by atoms with Crippen LogP contribution < -0.4 is 0 Å². The summed E-state index contributed by atoms with van der Waals surface area (Å²) < 4.78 is 32.7. The molecule has 3 fully saturated rings. The maximum atomic E-state index is 12.7. The average Bonchev–Trinajstić information content (AvgIpc) is 3.01. The number of carbonyl (C=O) groups is 1. The number of aliphatic hydroxyl groups is 9. The molecule has 11 N–H and O–H groups in total. The van der Waals surface area contributed by atoms with E-state index in [0.717, 1.165) is 12.1 Å². The van der Waals surface area contributed by atoms with Crippen molar-refractivity contribution in [1.29, 1.82) is 0 Å². The number of benzene rings is 1. The number of hydrogen-bond donors (Lipinski definition) is 11. The number of phenols is 2. The zero-order valence-electron chi connectivity index (χ0n) is 23.7. The van der Waals surface area contributed by atoms with Gasteiger partial charge in [-0.1, -0.05) is 6.07 Å². The molecule has 18 heteroatoms. The molecule has 1 aromatic rings. The minimum absolute atomic E-state index is 0.298. The average molecular weight is 651 g/mol. The van der Waals surface area contributed by atoms with Crippen LogP contribution in [-0.2, 0) is 33.2 Å². The van der Waals surface area contributed by atoms with Crippen LogP contribution >= 0.6 is 0 Å². The van der Waals surface area contributed by atoms with Gasteiger partial charge in [-0.3, -0.25) is 0 Å². The molecule has 0 bridgehead atoms. The molecule has 0 radical (unpaired) electrons. The topological polar surface area (TPSA) is 295 Å². The lowest BCUT2D eigenvalue weighted by Gasteiger charge is -2.47. The van der Waals surface area contributed by atoms with Crippen LogP contribution in [0.1, 0.15) is 12.5 Å². The number of carbonyl (C=O) groups excluding carboxylic acids is 1. The van der Waals surface area contributed by atoms with Gasteiger partial charge in [-0.15, -0.1) is 0 Å². The Kier molecular flexibility index (Phi) is 11.7. The lowest BCUT2D eigenvalue weighted by Crippen LogP contribution is -2.66. The van der Waals surface area contributed by atoms with Gasteiger partial charge in [0, 0.05) is 6.08 Å². The summed E-state index contributed by atoms with van der Waals surface area (Å²) in [4.78, 5) is 12.7. The van der Waals surface area contributed by atoms with Gasteiger partial charge in [-0.05, 0) is 30.7 Å². The normalized spacial score (nSPS) is 42.5. The summed E-state index contributed by atoms with van der Waals surface area (Å²) in [5.41, 5.74) is 0.298. The van der Waals surface area contributed by atoms with Crippen molar-refractivity contribution in [2.75, 3.05) is 13.2 Å². The summed E-state index contributed by atoms with van der Waals surface area (Å²) in [6.07, 6.45) is -22.8. The summed E-state index contributed by atoms with van der Waals surface area (Å²) >= 11 is 0. The number of aromatic hydroxyl groups is 2. The molecule has 1 aromatic carbocycles. The number of ether oxygens (including phenoxy) is 6. The lowest BCUT2D eigenvalue weighted by molar-refractivity contribution is -0.374. The zero-order chi connectivity index (χ0) is 33.2. The summed E-state index contributed by atoms with van der Waals surface area (Å²) in [5, 5.41) is 111. The van der Waals surface area contributed by atoms with E-state index in [1.54, 1.807) is 0 Å². The molecule has 0 spiro atoms. The molecule has 4 rings (SSSR count). The fourth-order valence-corrected chi connectivity index (χ4v) is 5.13. The Hall–Kier alpha value is -2.53. The van der Waals surface area contributed by atoms with Crippen LogP contribution in [0.15, 0.2) is 24.3 Å². The molecule has 15 atom stereocenters. The number of hydrogen-bond acceptors (Lipinski definition) is 18. The van der Waals surface area contributed by atoms with Crippen LogP contribution in [0.2, 0.25) is 0 Å². The van der Waals surface area contributed by atoms with Gasteiger partial charge >= 0.3 is 5.97 Å². The highest BCUT2D eigenvalue weighted by Crippen LogP contribution is 2.33. The first-order valence-corrected chi connectivity index (χ1v) is 13.9. The van der Waals surface area contributed by atoms with E-state index < -0.39 is 117 Å². The molecule has 3 aliphatic rings. The van der Waals surface area contributed by atoms with Crippen molar-refractivity contribution >= 4 is 12.0 Å². The van der Waals surface area contributed by atoms with Crippen LogP contribution in [0.25, 0.3) is 6.08 Å². The van der Waals surface area contributed by atoms with E-state index in [4.69, 9.17) is 28.4 Å². The van der Waals surface area contributed by atoms with Gasteiger partial charge in [0.1, 0.15) is 61.0 Å². The molecule has 45 heavy (non-hydrogen) atoms. The Morgan fingerprint density at radius 3 is 2.00 bits per heavy atom. The second-order valence-corrected chi connectivity index (χ2v) is 10.8. The van der Waals surface area contributed by atoms with Crippen LogP contribution in [0.3, 0.4) is 0 Å². The maximum Gasteiger partial charge on any atom is 0.331 e. The highest BCUT2D eigenvalue weighted by molar-refractivity contribution is 5.87. The van der Waals surface area contributed by atoms with Gasteiger partial charge in [-0.25, -0.2) is 4.79 Å². The molecule has 0 aromatic heterocycles. The predicted molar refractivity (Wildman–Crippen MR) is 143 cm³/mol. The first kappa shape index (κ1) is 35.3. The first-order chi connectivity index (χ1) is 21.3. The molecule has 0 saturated carbocycles. The molecule has 15 unspecified atom stereocenters. The van der Waals surface area contributed by atoms with E-state index >= 15 is 0 Å². The second-order valence-electron chi connectivity index (χ2n) is 10.8. The highest BCUT2D eigenvalue weighted by Gasteiger charge is 2.53. The van der Waals surface area contributed by atoms with Crippen molar-refractivity contribution in [1.82, 2.24) is 0 Å². The van der Waals surface area contributed by atoms with E-state index in [0.29, 0.717) is 5.56 Å². The van der Waals surface area contributed by atoms with Crippen LogP contribution in [0.5, 0.6) is 11.5 Å². The quantitative estimate of drug-likeness (QED) is 0.0678. The third kappa shape index (κ3) is 7.72. The number of phenolic OH excluding ortho intramolecular Hbond substituents is 2. The zero-order valence-corrected chi connectivity index (χ0v) is 23.7. The monoisotopic (exact) mass is 650 g/mol. The van der Waals surface area contributed by atoms with Gasteiger partial charge in [0.05, 0.1) is 19.3 Å². The second kappa shape index (κ2) is 14.9. The first-order valence-electron chi connectivity index (χ1n) is 13.9. The van der Waals surface area contributed by atoms with Crippen molar-refractivity contribution in [2.24, 2.45) is 0 Å². The van der Waals surface area contributed by atoms with Gasteiger partial charge in [0.25, 0.3) is 0 Å². The van der Waals surface area contributed by atoms with E-state index in [1.165, 1.54) is 25.1 Å².